The molecular formula is C19H20FNO3. The first-order valence-electron chi connectivity index (χ1n) is 7.96. The molecule has 2 aromatic carbocycles. The van der Waals surface area contributed by atoms with Crippen molar-refractivity contribution in [2.24, 2.45) is 0 Å². The zero-order valence-corrected chi connectivity index (χ0v) is 13.6. The number of amides is 1. The normalized spacial score (nSPS) is 17.2. The summed E-state index contributed by atoms with van der Waals surface area (Å²) in [5.41, 5.74) is 1.05. The number of nitrogens with zero attached hydrogens (tertiary/aromatic N) is 1. The van der Waals surface area contributed by atoms with Crippen molar-refractivity contribution >= 4 is 5.91 Å². The lowest BCUT2D eigenvalue weighted by Crippen LogP contribution is -2.36. The fraction of sp³-hybridized carbons (Fsp3) is 0.316. The number of ether oxygens (including phenoxy) is 2. The summed E-state index contributed by atoms with van der Waals surface area (Å²) in [4.78, 5) is 14.0. The molecular weight excluding hydrogens is 309 g/mol. The van der Waals surface area contributed by atoms with Gasteiger partial charge in [0.2, 0.25) is 5.91 Å². The monoisotopic (exact) mass is 329 g/mol. The molecule has 0 aromatic heterocycles. The predicted molar refractivity (Wildman–Crippen MR) is 88.5 cm³/mol. The summed E-state index contributed by atoms with van der Waals surface area (Å²) >= 11 is 0. The van der Waals surface area contributed by atoms with Gasteiger partial charge in [-0.1, -0.05) is 12.1 Å². The van der Waals surface area contributed by atoms with Gasteiger partial charge in [-0.15, -0.1) is 0 Å². The van der Waals surface area contributed by atoms with Gasteiger partial charge in [0.05, 0.1) is 13.2 Å². The van der Waals surface area contributed by atoms with E-state index < -0.39 is 0 Å². The van der Waals surface area contributed by atoms with E-state index in [9.17, 15) is 9.18 Å². The van der Waals surface area contributed by atoms with E-state index in [0.717, 1.165) is 17.7 Å². The molecule has 0 unspecified atom stereocenters. The van der Waals surface area contributed by atoms with Crippen molar-refractivity contribution < 1.29 is 18.7 Å². The number of halogens is 1. The fourth-order valence-electron chi connectivity index (χ4n) is 2.83. The lowest BCUT2D eigenvalue weighted by Gasteiger charge is -2.25. The maximum atomic E-state index is 12.9. The molecule has 1 fully saturated rings. The average molecular weight is 329 g/mol. The van der Waals surface area contributed by atoms with Gasteiger partial charge >= 0.3 is 0 Å². The third kappa shape index (κ3) is 3.85. The van der Waals surface area contributed by atoms with Gasteiger partial charge in [-0.2, -0.15) is 0 Å². The van der Waals surface area contributed by atoms with E-state index in [1.807, 2.05) is 29.2 Å². The summed E-state index contributed by atoms with van der Waals surface area (Å²) in [6, 6.07) is 13.7. The Bertz CT molecular complexity index is 685. The van der Waals surface area contributed by atoms with Gasteiger partial charge in [0, 0.05) is 13.0 Å². The Labute approximate surface area is 140 Å². The molecule has 24 heavy (non-hydrogen) atoms. The van der Waals surface area contributed by atoms with E-state index in [1.54, 1.807) is 19.2 Å². The minimum Gasteiger partial charge on any atom is -0.497 e. The maximum absolute atomic E-state index is 12.9. The second-order valence-corrected chi connectivity index (χ2v) is 5.83. The molecule has 1 aliphatic rings. The summed E-state index contributed by atoms with van der Waals surface area (Å²) in [6.07, 6.45) is 1.31. The van der Waals surface area contributed by atoms with Crippen LogP contribution in [0.4, 0.5) is 4.39 Å². The Balaban J connectivity index is 1.61. The highest BCUT2D eigenvalue weighted by Crippen LogP contribution is 2.23. The first-order chi connectivity index (χ1) is 11.7. The number of hydrogen-bond donors (Lipinski definition) is 0. The molecule has 3 rings (SSSR count). The summed E-state index contributed by atoms with van der Waals surface area (Å²) in [5, 5.41) is 0. The van der Waals surface area contributed by atoms with Crippen LogP contribution in [0.1, 0.15) is 18.4 Å². The number of carbonyl (C=O) groups excluding carboxylic acids is 1. The molecule has 0 N–H and O–H groups in total. The Morgan fingerprint density at radius 2 is 1.75 bits per heavy atom. The number of carbonyl (C=O) groups is 1. The van der Waals surface area contributed by atoms with E-state index >= 15 is 0 Å². The molecule has 4 nitrogen and oxygen atoms in total. The Morgan fingerprint density at radius 1 is 1.08 bits per heavy atom. The number of rotatable bonds is 6. The molecule has 1 atom stereocenters. The summed E-state index contributed by atoms with van der Waals surface area (Å²) < 4.78 is 23.8. The summed E-state index contributed by atoms with van der Waals surface area (Å²) in [7, 11) is 1.63. The van der Waals surface area contributed by atoms with Crippen LogP contribution in [0.2, 0.25) is 0 Å². The number of methoxy groups -OCH3 is 1. The third-order valence-corrected chi connectivity index (χ3v) is 4.22. The van der Waals surface area contributed by atoms with Crippen molar-refractivity contribution in [3.63, 3.8) is 0 Å². The van der Waals surface area contributed by atoms with Crippen LogP contribution in [-0.4, -0.2) is 30.6 Å². The van der Waals surface area contributed by atoms with E-state index in [-0.39, 0.29) is 17.8 Å². The quantitative estimate of drug-likeness (QED) is 0.815. The summed E-state index contributed by atoms with van der Waals surface area (Å²) in [5.74, 6) is 1.25. The van der Waals surface area contributed by atoms with Gasteiger partial charge < -0.3 is 14.4 Å². The van der Waals surface area contributed by atoms with Gasteiger partial charge in [0.1, 0.15) is 23.9 Å². The lowest BCUT2D eigenvalue weighted by atomic mass is 10.2. The second kappa shape index (κ2) is 7.34. The molecule has 2 aromatic rings. The Morgan fingerprint density at radius 3 is 2.42 bits per heavy atom. The molecule has 1 aliphatic heterocycles. The highest BCUT2D eigenvalue weighted by atomic mass is 19.1. The van der Waals surface area contributed by atoms with Crippen molar-refractivity contribution in [2.75, 3.05) is 13.7 Å². The Kier molecular flexibility index (Phi) is 4.99. The molecule has 1 heterocycles. The molecule has 5 heteroatoms. The molecule has 0 bridgehead atoms. The smallest absolute Gasteiger partial charge is 0.223 e. The van der Waals surface area contributed by atoms with Crippen molar-refractivity contribution in [1.29, 1.82) is 0 Å². The maximum Gasteiger partial charge on any atom is 0.223 e. The van der Waals surface area contributed by atoms with Crippen LogP contribution in [0.15, 0.2) is 48.5 Å². The van der Waals surface area contributed by atoms with Gasteiger partial charge in [-0.3, -0.25) is 4.79 Å². The number of benzene rings is 2. The highest BCUT2D eigenvalue weighted by Gasteiger charge is 2.31. The molecule has 0 aliphatic carbocycles. The minimum atomic E-state index is -0.292. The van der Waals surface area contributed by atoms with Crippen LogP contribution in [-0.2, 0) is 11.3 Å². The predicted octanol–water partition coefficient (Wildman–Crippen LogP) is 3.40. The number of likely N-dealkylation sites (tertiary alicyclic amines) is 1. The zero-order chi connectivity index (χ0) is 16.9. The van der Waals surface area contributed by atoms with Crippen LogP contribution in [0.3, 0.4) is 0 Å². The first kappa shape index (κ1) is 16.3. The SMILES string of the molecule is COc1ccc(CN2C(=O)CC[C@H]2COc2ccc(F)cc2)cc1. The van der Waals surface area contributed by atoms with Crippen molar-refractivity contribution in [3.8, 4) is 11.5 Å². The van der Waals surface area contributed by atoms with Crippen molar-refractivity contribution in [3.05, 3.63) is 59.9 Å². The third-order valence-electron chi connectivity index (χ3n) is 4.22. The van der Waals surface area contributed by atoms with Gasteiger partial charge in [-0.05, 0) is 48.4 Å². The van der Waals surface area contributed by atoms with E-state index in [0.29, 0.717) is 25.3 Å². The van der Waals surface area contributed by atoms with Gasteiger partial charge in [-0.25, -0.2) is 4.39 Å². The first-order valence-corrected chi connectivity index (χ1v) is 7.96. The molecule has 1 amide bonds. The van der Waals surface area contributed by atoms with Gasteiger partial charge in [0.25, 0.3) is 0 Å². The minimum absolute atomic E-state index is 0.0321. The highest BCUT2D eigenvalue weighted by molar-refractivity contribution is 5.78. The standard InChI is InChI=1S/C19H20FNO3/c1-23-17-7-2-14(3-8-17)12-21-16(6-11-19(21)22)13-24-18-9-4-15(20)5-10-18/h2-5,7-10,16H,6,11-13H2,1H3/t16-/m0/s1. The van der Waals surface area contributed by atoms with Crippen LogP contribution in [0.25, 0.3) is 0 Å². The lowest BCUT2D eigenvalue weighted by molar-refractivity contribution is -0.129. The van der Waals surface area contributed by atoms with Crippen LogP contribution >= 0.6 is 0 Å². The molecule has 1 saturated heterocycles. The van der Waals surface area contributed by atoms with E-state index in [1.165, 1.54) is 12.1 Å². The van der Waals surface area contributed by atoms with Crippen LogP contribution < -0.4 is 9.47 Å². The van der Waals surface area contributed by atoms with Crippen LogP contribution in [0.5, 0.6) is 11.5 Å². The molecule has 0 saturated carbocycles. The van der Waals surface area contributed by atoms with Gasteiger partial charge in [0.15, 0.2) is 0 Å². The van der Waals surface area contributed by atoms with E-state index in [4.69, 9.17) is 9.47 Å². The molecule has 0 radical (unpaired) electrons. The molecule has 0 spiro atoms. The summed E-state index contributed by atoms with van der Waals surface area (Å²) in [6.45, 7) is 0.966. The van der Waals surface area contributed by atoms with Crippen molar-refractivity contribution in [1.82, 2.24) is 4.90 Å². The fourth-order valence-corrected chi connectivity index (χ4v) is 2.83. The van der Waals surface area contributed by atoms with Crippen molar-refractivity contribution in [2.45, 2.75) is 25.4 Å². The second-order valence-electron chi connectivity index (χ2n) is 5.83. The van der Waals surface area contributed by atoms with E-state index in [2.05, 4.69) is 0 Å². The topological polar surface area (TPSA) is 38.8 Å². The zero-order valence-electron chi connectivity index (χ0n) is 13.6. The Hall–Kier alpha value is -2.56. The number of hydrogen-bond acceptors (Lipinski definition) is 3. The average Bonchev–Trinajstić information content (AvgIpc) is 2.95. The van der Waals surface area contributed by atoms with Crippen LogP contribution in [0, 0.1) is 5.82 Å². The largest absolute Gasteiger partial charge is 0.497 e. The molecule has 126 valence electrons.